The van der Waals surface area contributed by atoms with Crippen LogP contribution in [0.4, 0.5) is 0 Å². The molecule has 0 bridgehead atoms. The minimum absolute atomic E-state index is 0.0776. The van der Waals surface area contributed by atoms with Gasteiger partial charge in [0.05, 0.1) is 12.6 Å². The van der Waals surface area contributed by atoms with Crippen LogP contribution in [0.25, 0.3) is 0 Å². The number of amides is 1. The van der Waals surface area contributed by atoms with Gasteiger partial charge < -0.3 is 15.0 Å². The number of aliphatic hydroxyl groups excluding tert-OH is 1. The maximum atomic E-state index is 13.1. The van der Waals surface area contributed by atoms with Crippen LogP contribution in [0.3, 0.4) is 0 Å². The van der Waals surface area contributed by atoms with Crippen molar-refractivity contribution in [3.05, 3.63) is 53.1 Å². The van der Waals surface area contributed by atoms with Crippen LogP contribution in [0, 0.1) is 19.3 Å². The Bertz CT molecular complexity index is 849. The van der Waals surface area contributed by atoms with Gasteiger partial charge >= 0.3 is 0 Å². The second-order valence-corrected chi connectivity index (χ2v) is 8.59. The summed E-state index contributed by atoms with van der Waals surface area (Å²) in [5.74, 6) is 1.04. The fourth-order valence-electron chi connectivity index (χ4n) is 4.83. The van der Waals surface area contributed by atoms with Crippen molar-refractivity contribution in [1.82, 2.24) is 19.8 Å². The van der Waals surface area contributed by atoms with Crippen molar-refractivity contribution in [2.45, 2.75) is 45.8 Å². The third kappa shape index (κ3) is 3.84. The second-order valence-electron chi connectivity index (χ2n) is 8.59. The molecule has 150 valence electrons. The highest BCUT2D eigenvalue weighted by atomic mass is 16.3. The highest BCUT2D eigenvalue weighted by Gasteiger charge is 2.46. The quantitative estimate of drug-likeness (QED) is 0.856. The predicted molar refractivity (Wildman–Crippen MR) is 108 cm³/mol. The molecule has 28 heavy (non-hydrogen) atoms. The predicted octanol–water partition coefficient (Wildman–Crippen LogP) is 2.52. The number of benzene rings is 1. The third-order valence-corrected chi connectivity index (χ3v) is 6.25. The topological polar surface area (TPSA) is 72.5 Å². The Morgan fingerprint density at radius 1 is 1.32 bits per heavy atom. The molecule has 0 radical (unpaired) electrons. The molecule has 2 aliphatic heterocycles. The number of rotatable bonds is 3. The average Bonchev–Trinajstić information content (AvgIpc) is 3.09. The number of carbonyl (C=O) groups is 1. The fraction of sp³-hybridized carbons (Fsp3) is 0.545. The van der Waals surface area contributed by atoms with Gasteiger partial charge in [0, 0.05) is 49.0 Å². The minimum atomic E-state index is -0.366. The Hall–Kier alpha value is -2.18. The molecule has 2 N–H and O–H groups in total. The van der Waals surface area contributed by atoms with Crippen molar-refractivity contribution in [2.75, 3.05) is 26.2 Å². The van der Waals surface area contributed by atoms with E-state index < -0.39 is 0 Å². The van der Waals surface area contributed by atoms with E-state index in [1.54, 1.807) is 0 Å². The van der Waals surface area contributed by atoms with Gasteiger partial charge in [0.2, 0.25) is 0 Å². The number of piperidine rings is 2. The summed E-state index contributed by atoms with van der Waals surface area (Å²) in [7, 11) is 0. The lowest BCUT2D eigenvalue weighted by molar-refractivity contribution is -0.0810. The van der Waals surface area contributed by atoms with Crippen LogP contribution >= 0.6 is 0 Å². The summed E-state index contributed by atoms with van der Waals surface area (Å²) in [6, 6.07) is 7.78. The zero-order chi connectivity index (χ0) is 19.7. The molecule has 2 aromatic rings. The normalized spacial score (nSPS) is 26.0. The van der Waals surface area contributed by atoms with E-state index >= 15 is 0 Å². The zero-order valence-corrected chi connectivity index (χ0v) is 16.8. The summed E-state index contributed by atoms with van der Waals surface area (Å²) in [6.07, 6.45) is 4.12. The van der Waals surface area contributed by atoms with Crippen LogP contribution in [-0.4, -0.2) is 63.1 Å². The van der Waals surface area contributed by atoms with E-state index in [0.29, 0.717) is 6.54 Å². The summed E-state index contributed by atoms with van der Waals surface area (Å²) in [5.41, 5.74) is 2.65. The van der Waals surface area contributed by atoms with Gasteiger partial charge in [-0.3, -0.25) is 9.69 Å². The molecule has 3 heterocycles. The molecule has 1 aromatic carbocycles. The monoisotopic (exact) mass is 382 g/mol. The lowest BCUT2D eigenvalue weighted by atomic mass is 9.71. The molecule has 1 aromatic heterocycles. The second kappa shape index (κ2) is 7.68. The molecule has 1 spiro atoms. The molecule has 6 nitrogen and oxygen atoms in total. The molecule has 2 fully saturated rings. The van der Waals surface area contributed by atoms with Crippen LogP contribution in [0.1, 0.15) is 46.7 Å². The number of H-pyrrole nitrogens is 1. The minimum Gasteiger partial charge on any atom is -0.392 e. The summed E-state index contributed by atoms with van der Waals surface area (Å²) in [5, 5.41) is 10.9. The van der Waals surface area contributed by atoms with E-state index in [9.17, 15) is 9.90 Å². The molecule has 2 aliphatic rings. The summed E-state index contributed by atoms with van der Waals surface area (Å²) >= 11 is 0. The number of imidazole rings is 1. The molecule has 6 heteroatoms. The Labute approximate surface area is 166 Å². The van der Waals surface area contributed by atoms with Gasteiger partial charge in [0.1, 0.15) is 5.82 Å². The Kier molecular flexibility index (Phi) is 5.25. The first-order valence-electron chi connectivity index (χ1n) is 10.2. The van der Waals surface area contributed by atoms with Gasteiger partial charge in [-0.15, -0.1) is 0 Å². The molecule has 1 amide bonds. The molecule has 4 rings (SSSR count). The summed E-state index contributed by atoms with van der Waals surface area (Å²) < 4.78 is 0. The maximum absolute atomic E-state index is 13.1. The first-order chi connectivity index (χ1) is 13.4. The number of aromatic amines is 1. The van der Waals surface area contributed by atoms with E-state index in [0.717, 1.165) is 68.1 Å². The smallest absolute Gasteiger partial charge is 0.253 e. The molecule has 2 atom stereocenters. The third-order valence-electron chi connectivity index (χ3n) is 6.25. The molecular formula is C22H30N4O2. The number of nitrogens with zero attached hydrogens (tertiary/aromatic N) is 3. The highest BCUT2D eigenvalue weighted by molar-refractivity contribution is 5.94. The number of hydrogen-bond acceptors (Lipinski definition) is 4. The number of aromatic nitrogens is 2. The Morgan fingerprint density at radius 3 is 2.93 bits per heavy atom. The Morgan fingerprint density at radius 2 is 2.18 bits per heavy atom. The van der Waals surface area contributed by atoms with E-state index in [1.807, 2.05) is 49.2 Å². The van der Waals surface area contributed by atoms with Crippen LogP contribution in [0.2, 0.25) is 0 Å². The number of likely N-dealkylation sites (tertiary alicyclic amines) is 2. The maximum Gasteiger partial charge on any atom is 0.253 e. The molecule has 2 saturated heterocycles. The summed E-state index contributed by atoms with van der Waals surface area (Å²) in [6.45, 7) is 7.81. The number of nitrogens with one attached hydrogen (secondary N) is 1. The standard InChI is InChI=1S/C22H30N4O2/c1-16-5-3-6-18(11-16)21(28)26-9-4-8-22(15-26)14-25(10-7-19(22)27)13-20-23-12-17(2)24-20/h3,5-6,11-12,19,27H,4,7-10,13-15H2,1-2H3,(H,23,24)/t19-,22-/m1/s1. The van der Waals surface area contributed by atoms with Crippen LogP contribution in [0.5, 0.6) is 0 Å². The van der Waals surface area contributed by atoms with Gasteiger partial charge in [-0.1, -0.05) is 17.7 Å². The number of aryl methyl sites for hydroxylation is 2. The highest BCUT2D eigenvalue weighted by Crippen LogP contribution is 2.39. The number of hydrogen-bond donors (Lipinski definition) is 2. The SMILES string of the molecule is Cc1cccc(C(=O)N2CCC[C@@]3(CN(Cc4ncc(C)[nH]4)CC[C@H]3O)C2)c1. The molecular weight excluding hydrogens is 352 g/mol. The van der Waals surface area contributed by atoms with Crippen molar-refractivity contribution < 1.29 is 9.90 Å². The zero-order valence-electron chi connectivity index (χ0n) is 16.8. The van der Waals surface area contributed by atoms with Crippen molar-refractivity contribution in [3.8, 4) is 0 Å². The van der Waals surface area contributed by atoms with Gasteiger partial charge in [-0.25, -0.2) is 4.98 Å². The number of aliphatic hydroxyl groups is 1. The summed E-state index contributed by atoms with van der Waals surface area (Å²) in [4.78, 5) is 25.1. The van der Waals surface area contributed by atoms with Crippen LogP contribution in [-0.2, 0) is 6.54 Å². The van der Waals surface area contributed by atoms with Crippen molar-refractivity contribution in [1.29, 1.82) is 0 Å². The fourth-order valence-corrected chi connectivity index (χ4v) is 4.83. The van der Waals surface area contributed by atoms with E-state index in [-0.39, 0.29) is 17.4 Å². The van der Waals surface area contributed by atoms with Gasteiger partial charge in [0.25, 0.3) is 5.91 Å². The van der Waals surface area contributed by atoms with E-state index in [4.69, 9.17) is 0 Å². The van der Waals surface area contributed by atoms with Crippen LogP contribution < -0.4 is 0 Å². The molecule has 0 aliphatic carbocycles. The van der Waals surface area contributed by atoms with Crippen molar-refractivity contribution in [3.63, 3.8) is 0 Å². The molecule has 0 saturated carbocycles. The lowest BCUT2D eigenvalue weighted by Crippen LogP contribution is -2.59. The van der Waals surface area contributed by atoms with Crippen molar-refractivity contribution in [2.24, 2.45) is 5.41 Å². The first kappa shape index (κ1) is 19.2. The first-order valence-corrected chi connectivity index (χ1v) is 10.2. The van der Waals surface area contributed by atoms with E-state index in [2.05, 4.69) is 14.9 Å². The van der Waals surface area contributed by atoms with Gasteiger partial charge in [-0.05, 0) is 45.2 Å². The van der Waals surface area contributed by atoms with Gasteiger partial charge in [-0.2, -0.15) is 0 Å². The average molecular weight is 383 g/mol. The van der Waals surface area contributed by atoms with Gasteiger partial charge in [0.15, 0.2) is 0 Å². The van der Waals surface area contributed by atoms with Crippen LogP contribution in [0.15, 0.2) is 30.5 Å². The molecule has 0 unspecified atom stereocenters. The van der Waals surface area contributed by atoms with Crippen molar-refractivity contribution >= 4 is 5.91 Å². The number of carbonyl (C=O) groups excluding carboxylic acids is 1. The lowest BCUT2D eigenvalue weighted by Gasteiger charge is -2.51. The Balaban J connectivity index is 1.49. The largest absolute Gasteiger partial charge is 0.392 e. The van der Waals surface area contributed by atoms with E-state index in [1.165, 1.54) is 0 Å².